The second-order valence-corrected chi connectivity index (χ2v) is 7.02. The summed E-state index contributed by atoms with van der Waals surface area (Å²) in [4.78, 5) is 28.8. The van der Waals surface area contributed by atoms with Crippen LogP contribution in [0.2, 0.25) is 0 Å². The third-order valence-corrected chi connectivity index (χ3v) is 4.43. The molecule has 4 nitrogen and oxygen atoms in total. The van der Waals surface area contributed by atoms with Gasteiger partial charge in [0.25, 0.3) is 0 Å². The molecule has 0 aromatic carbocycles. The van der Waals surface area contributed by atoms with Gasteiger partial charge in [-0.1, -0.05) is 96.8 Å². The van der Waals surface area contributed by atoms with Gasteiger partial charge >= 0.3 is 18.1 Å². The molecule has 0 bridgehead atoms. The van der Waals surface area contributed by atoms with Crippen LogP contribution in [0.15, 0.2) is 0 Å². The summed E-state index contributed by atoms with van der Waals surface area (Å²) < 4.78 is 35.5. The number of carbonyl (C=O) groups excluding carboxylic acids is 2. The lowest BCUT2D eigenvalue weighted by Gasteiger charge is -2.05. The van der Waals surface area contributed by atoms with E-state index in [-0.39, 0.29) is 6.42 Å². The normalized spacial score (nSPS) is 11.4. The summed E-state index contributed by atoms with van der Waals surface area (Å²) >= 11 is 0. The zero-order chi connectivity index (χ0) is 20.4. The molecule has 0 aliphatic heterocycles. The van der Waals surface area contributed by atoms with Crippen molar-refractivity contribution < 1.29 is 32.5 Å². The minimum Gasteiger partial charge on any atom is -0.247 e. The van der Waals surface area contributed by atoms with Crippen LogP contribution in [0, 0.1) is 0 Å². The lowest BCUT2D eigenvalue weighted by atomic mass is 10.0. The van der Waals surface area contributed by atoms with Crippen LogP contribution >= 0.6 is 0 Å². The van der Waals surface area contributed by atoms with Gasteiger partial charge in [-0.3, -0.25) is 0 Å². The molecule has 0 atom stereocenters. The molecule has 0 saturated heterocycles. The molecule has 7 heteroatoms. The van der Waals surface area contributed by atoms with Crippen molar-refractivity contribution in [2.75, 3.05) is 0 Å². The zero-order valence-corrected chi connectivity index (χ0v) is 16.6. The van der Waals surface area contributed by atoms with Crippen LogP contribution in [-0.4, -0.2) is 18.1 Å². The average Bonchev–Trinajstić information content (AvgIpc) is 2.62. The van der Waals surface area contributed by atoms with E-state index in [2.05, 4.69) is 16.7 Å². The highest BCUT2D eigenvalue weighted by Gasteiger charge is 2.43. The molecule has 0 aliphatic rings. The van der Waals surface area contributed by atoms with E-state index < -0.39 is 18.1 Å². The van der Waals surface area contributed by atoms with Gasteiger partial charge in [0, 0.05) is 0 Å². The summed E-state index contributed by atoms with van der Waals surface area (Å²) in [5, 5.41) is 0. The Bertz CT molecular complexity index is 384. The summed E-state index contributed by atoms with van der Waals surface area (Å²) in [5.41, 5.74) is 0. The summed E-state index contributed by atoms with van der Waals surface area (Å²) in [7, 11) is 0. The Balaban J connectivity index is 3.27. The fraction of sp³-hybridized carbons (Fsp3) is 0.900. The highest BCUT2D eigenvalue weighted by atomic mass is 19.4. The van der Waals surface area contributed by atoms with Crippen molar-refractivity contribution in [3.63, 3.8) is 0 Å². The molecule has 0 fully saturated rings. The van der Waals surface area contributed by atoms with E-state index >= 15 is 0 Å². The molecule has 0 aliphatic carbocycles. The van der Waals surface area contributed by atoms with Crippen molar-refractivity contribution in [1.82, 2.24) is 0 Å². The van der Waals surface area contributed by atoms with E-state index in [9.17, 15) is 22.8 Å². The maximum absolute atomic E-state index is 11.8. The fourth-order valence-electron chi connectivity index (χ4n) is 2.81. The SMILES string of the molecule is CCCCCCCCCCCCCCCCCC(=O)OOC(=O)C(F)(F)F. The van der Waals surface area contributed by atoms with Crippen molar-refractivity contribution in [3.05, 3.63) is 0 Å². The van der Waals surface area contributed by atoms with Crippen molar-refractivity contribution in [1.29, 1.82) is 0 Å². The van der Waals surface area contributed by atoms with Gasteiger partial charge in [-0.15, -0.1) is 0 Å². The van der Waals surface area contributed by atoms with Gasteiger partial charge in [-0.25, -0.2) is 19.4 Å². The fourth-order valence-corrected chi connectivity index (χ4v) is 2.81. The Morgan fingerprint density at radius 1 is 0.630 bits per heavy atom. The van der Waals surface area contributed by atoms with Crippen molar-refractivity contribution >= 4 is 11.9 Å². The summed E-state index contributed by atoms with van der Waals surface area (Å²) in [6.07, 6.45) is 12.6. The van der Waals surface area contributed by atoms with Crippen LogP contribution < -0.4 is 0 Å². The topological polar surface area (TPSA) is 52.6 Å². The van der Waals surface area contributed by atoms with Crippen molar-refractivity contribution in [2.24, 2.45) is 0 Å². The van der Waals surface area contributed by atoms with E-state index in [1.54, 1.807) is 0 Å². The minimum atomic E-state index is -5.16. The number of hydrogen-bond donors (Lipinski definition) is 0. The first kappa shape index (κ1) is 25.7. The van der Waals surface area contributed by atoms with Gasteiger partial charge in [0.05, 0.1) is 6.42 Å². The Kier molecular flexibility index (Phi) is 16.1. The van der Waals surface area contributed by atoms with Crippen LogP contribution in [0.25, 0.3) is 0 Å². The molecule has 0 aromatic rings. The molecule has 0 amide bonds. The van der Waals surface area contributed by atoms with Gasteiger partial charge in [-0.2, -0.15) is 13.2 Å². The molecule has 0 radical (unpaired) electrons. The van der Waals surface area contributed by atoms with E-state index in [0.717, 1.165) is 19.3 Å². The molecule has 0 heterocycles. The van der Waals surface area contributed by atoms with Crippen LogP contribution in [0.5, 0.6) is 0 Å². The van der Waals surface area contributed by atoms with Gasteiger partial charge in [0.1, 0.15) is 0 Å². The summed E-state index contributed by atoms with van der Waals surface area (Å²) in [6, 6.07) is 0. The predicted octanol–water partition coefficient (Wildman–Crippen LogP) is 6.81. The monoisotopic (exact) mass is 396 g/mol. The molecule has 0 spiro atoms. The van der Waals surface area contributed by atoms with Gasteiger partial charge in [-0.05, 0) is 6.42 Å². The first-order valence-electron chi connectivity index (χ1n) is 10.4. The summed E-state index contributed by atoms with van der Waals surface area (Å²) in [6.45, 7) is 2.23. The average molecular weight is 396 g/mol. The van der Waals surface area contributed by atoms with Crippen LogP contribution in [0.3, 0.4) is 0 Å². The molecular weight excluding hydrogens is 361 g/mol. The van der Waals surface area contributed by atoms with Gasteiger partial charge in [0.2, 0.25) is 0 Å². The number of halogens is 3. The van der Waals surface area contributed by atoms with Gasteiger partial charge < -0.3 is 0 Å². The second kappa shape index (κ2) is 16.9. The van der Waals surface area contributed by atoms with Crippen LogP contribution in [-0.2, 0) is 19.4 Å². The molecule has 0 unspecified atom stereocenters. The number of rotatable bonds is 16. The third kappa shape index (κ3) is 17.9. The summed E-state index contributed by atoms with van der Waals surface area (Å²) in [5.74, 6) is -3.48. The van der Waals surface area contributed by atoms with Crippen molar-refractivity contribution in [2.45, 2.75) is 116 Å². The zero-order valence-electron chi connectivity index (χ0n) is 16.6. The van der Waals surface area contributed by atoms with E-state index in [0.29, 0.717) is 6.42 Å². The number of carbonyl (C=O) groups is 2. The molecule has 0 saturated carbocycles. The molecule has 160 valence electrons. The Morgan fingerprint density at radius 3 is 1.37 bits per heavy atom. The first-order valence-corrected chi connectivity index (χ1v) is 10.4. The second-order valence-electron chi connectivity index (χ2n) is 7.02. The first-order chi connectivity index (χ1) is 12.9. The number of unbranched alkanes of at least 4 members (excludes halogenated alkanes) is 14. The highest BCUT2D eigenvalue weighted by molar-refractivity contribution is 5.76. The van der Waals surface area contributed by atoms with E-state index in [4.69, 9.17) is 0 Å². The highest BCUT2D eigenvalue weighted by Crippen LogP contribution is 2.17. The maximum Gasteiger partial charge on any atom is 0.495 e. The lowest BCUT2D eigenvalue weighted by molar-refractivity contribution is -0.285. The predicted molar refractivity (Wildman–Crippen MR) is 97.8 cm³/mol. The van der Waals surface area contributed by atoms with Crippen LogP contribution in [0.4, 0.5) is 13.2 Å². The molecule has 27 heavy (non-hydrogen) atoms. The maximum atomic E-state index is 11.8. The van der Waals surface area contributed by atoms with Gasteiger partial charge in [0.15, 0.2) is 0 Å². The third-order valence-electron chi connectivity index (χ3n) is 4.43. The standard InChI is InChI=1S/C20H35F3O4/c1-2-3-4-5-6-7-8-9-10-11-12-13-14-15-16-17-18(24)26-27-19(25)20(21,22)23/h2-17H2,1H3. The van der Waals surface area contributed by atoms with Crippen molar-refractivity contribution in [3.8, 4) is 0 Å². The largest absolute Gasteiger partial charge is 0.495 e. The minimum absolute atomic E-state index is 0.0522. The number of hydrogen-bond acceptors (Lipinski definition) is 4. The smallest absolute Gasteiger partial charge is 0.247 e. The lowest BCUT2D eigenvalue weighted by Crippen LogP contribution is -2.26. The molecule has 0 aromatic heterocycles. The quantitative estimate of drug-likeness (QED) is 0.163. The van der Waals surface area contributed by atoms with E-state index in [1.807, 2.05) is 0 Å². The molecular formula is C20H35F3O4. The van der Waals surface area contributed by atoms with Crippen LogP contribution in [0.1, 0.15) is 110 Å². The molecule has 0 rings (SSSR count). The number of alkyl halides is 3. The Hall–Kier alpha value is -1.27. The Labute approximate surface area is 161 Å². The van der Waals surface area contributed by atoms with E-state index in [1.165, 1.54) is 70.6 Å². The Morgan fingerprint density at radius 2 is 1.00 bits per heavy atom. The molecule has 0 N–H and O–H groups in total.